The van der Waals surface area contributed by atoms with Crippen LogP contribution in [0.25, 0.3) is 0 Å². The average Bonchev–Trinajstić information content (AvgIpc) is 3.10. The van der Waals surface area contributed by atoms with Gasteiger partial charge >= 0.3 is 18.3 Å². The van der Waals surface area contributed by atoms with Crippen molar-refractivity contribution in [1.29, 1.82) is 0 Å². The summed E-state index contributed by atoms with van der Waals surface area (Å²) in [6.07, 6.45) is 36.5. The van der Waals surface area contributed by atoms with Crippen LogP contribution in [0.1, 0.15) is 241 Å². The molecule has 52 heavy (non-hydrogen) atoms. The van der Waals surface area contributed by atoms with Gasteiger partial charge < -0.3 is 14.6 Å². The summed E-state index contributed by atoms with van der Waals surface area (Å²) < 4.78 is 9.87. The number of ether oxygens (including phenoxy) is 2. The Labute approximate surface area is 321 Å². The van der Waals surface area contributed by atoms with Crippen molar-refractivity contribution in [1.82, 2.24) is 0 Å². The molecule has 0 fully saturated rings. The number of carbonyl (C=O) groups excluding carboxylic acids is 2. The van der Waals surface area contributed by atoms with Crippen LogP contribution in [0.3, 0.4) is 0 Å². The van der Waals surface area contributed by atoms with Gasteiger partial charge in [0.1, 0.15) is 0 Å². The Morgan fingerprint density at radius 1 is 0.423 bits per heavy atom. The van der Waals surface area contributed by atoms with Gasteiger partial charge in [0.05, 0.1) is 19.1 Å². The highest BCUT2D eigenvalue weighted by molar-refractivity contribution is 5.70. The number of carboxylic acid groups (broad SMARTS) is 1. The van der Waals surface area contributed by atoms with E-state index in [9.17, 15) is 14.4 Å². The fraction of sp³-hybridized carbons (Fsp3) is 0.932. The Balaban J connectivity index is 0. The molecule has 1 unspecified atom stereocenters. The highest BCUT2D eigenvalue weighted by Gasteiger charge is 2.30. The summed E-state index contributed by atoms with van der Waals surface area (Å²) in [5.41, 5.74) is -0.110. The van der Waals surface area contributed by atoms with E-state index in [1.165, 1.54) is 141 Å². The van der Waals surface area contributed by atoms with Gasteiger partial charge in [0, 0.05) is 0 Å². The van der Waals surface area contributed by atoms with Crippen LogP contribution in [0.15, 0.2) is 0 Å². The summed E-state index contributed by atoms with van der Waals surface area (Å²) in [5, 5.41) is 8.94. The summed E-state index contributed by atoms with van der Waals surface area (Å²) in [7, 11) is 0. The van der Waals surface area contributed by atoms with E-state index in [2.05, 4.69) is 30.5 Å². The van der Waals surface area contributed by atoms with Gasteiger partial charge in [0.25, 0.3) is 0 Å². The van der Waals surface area contributed by atoms with Crippen LogP contribution >= 0.6 is 0 Å². The summed E-state index contributed by atoms with van der Waals surface area (Å²) in [6.45, 7) is 13.1. The number of unbranched alkanes of at least 4 members (excludes halogenated alkanes) is 27. The molecule has 0 aromatic rings. The first kappa shape index (κ1) is 52.1. The third-order valence-electron chi connectivity index (χ3n) is 9.80. The van der Waals surface area contributed by atoms with Gasteiger partial charge in [-0.1, -0.05) is 221 Å². The van der Waals surface area contributed by atoms with Gasteiger partial charge in [-0.05, 0) is 24.7 Å². The standard InChI is InChI=1S/C34H66O6.C10H20O2/c1-3-5-7-9-11-13-15-17-19-21-23-25-27-29-31-37-33(35)39-40-34(36)38-32-30-28-26-24-22-20-18-16-14-12-10-8-6-4-2;1-5-6-7-8(9(11)12)10(2,3)4/h3-32H2,1-2H3;8H,5-7H2,1-4H3,(H,11,12). The van der Waals surface area contributed by atoms with E-state index in [4.69, 9.17) is 14.6 Å². The molecule has 1 N–H and O–H groups in total. The molecule has 0 saturated heterocycles. The Bertz CT molecular complexity index is 733. The maximum atomic E-state index is 11.5. The number of hydrogen-bond donors (Lipinski definition) is 1. The summed E-state index contributed by atoms with van der Waals surface area (Å²) >= 11 is 0. The van der Waals surface area contributed by atoms with Crippen LogP contribution in [-0.4, -0.2) is 36.6 Å². The first-order chi connectivity index (χ1) is 25.1. The number of hydrogen-bond acceptors (Lipinski definition) is 7. The minimum absolute atomic E-state index is 0.110. The van der Waals surface area contributed by atoms with Crippen LogP contribution < -0.4 is 0 Å². The van der Waals surface area contributed by atoms with Crippen LogP contribution in [0.5, 0.6) is 0 Å². The van der Waals surface area contributed by atoms with Crippen molar-refractivity contribution in [3.8, 4) is 0 Å². The predicted octanol–water partition coefficient (Wildman–Crippen LogP) is 15.1. The second kappa shape index (κ2) is 40.2. The molecule has 0 aromatic carbocycles. The van der Waals surface area contributed by atoms with Crippen molar-refractivity contribution < 1.29 is 38.7 Å². The first-order valence-electron chi connectivity index (χ1n) is 22.0. The fourth-order valence-corrected chi connectivity index (χ4v) is 6.36. The summed E-state index contributed by atoms with van der Waals surface area (Å²) in [5.74, 6) is -0.853. The van der Waals surface area contributed by atoms with E-state index in [1.54, 1.807) is 0 Å². The summed E-state index contributed by atoms with van der Waals surface area (Å²) in [4.78, 5) is 42.6. The molecule has 8 nitrogen and oxygen atoms in total. The molecule has 0 aromatic heterocycles. The molecule has 1 atom stereocenters. The van der Waals surface area contributed by atoms with Crippen molar-refractivity contribution in [2.75, 3.05) is 13.2 Å². The highest BCUT2D eigenvalue weighted by atomic mass is 17.3. The van der Waals surface area contributed by atoms with Crippen LogP contribution in [0.4, 0.5) is 9.59 Å². The Morgan fingerprint density at radius 3 is 0.904 bits per heavy atom. The Morgan fingerprint density at radius 2 is 0.673 bits per heavy atom. The Kier molecular flexibility index (Phi) is 40.3. The van der Waals surface area contributed by atoms with Crippen molar-refractivity contribution in [3.63, 3.8) is 0 Å². The predicted molar refractivity (Wildman–Crippen MR) is 216 cm³/mol. The Hall–Kier alpha value is -1.99. The van der Waals surface area contributed by atoms with Gasteiger partial charge in [-0.3, -0.25) is 4.79 Å². The molecular weight excluding hydrogens is 656 g/mol. The number of aliphatic carboxylic acids is 1. The SMILES string of the molecule is CCCCC(C(=O)O)C(C)(C)C.CCCCCCCCCCCCCCCCOC(=O)OOC(=O)OCCCCCCCCCCCCCCCC. The zero-order valence-electron chi connectivity index (χ0n) is 35.2. The lowest BCUT2D eigenvalue weighted by molar-refractivity contribution is -0.217. The van der Waals surface area contributed by atoms with E-state index < -0.39 is 18.3 Å². The molecule has 0 bridgehead atoms. The second-order valence-electron chi connectivity index (χ2n) is 16.0. The van der Waals surface area contributed by atoms with Gasteiger partial charge in [-0.2, -0.15) is 19.4 Å². The third-order valence-corrected chi connectivity index (χ3v) is 9.80. The molecular formula is C44H86O8. The molecule has 0 aliphatic rings. The van der Waals surface area contributed by atoms with Gasteiger partial charge in [-0.25, -0.2) is 0 Å². The topological polar surface area (TPSA) is 108 Å². The molecule has 0 aliphatic carbocycles. The lowest BCUT2D eigenvalue weighted by Gasteiger charge is -2.26. The first-order valence-corrected chi connectivity index (χ1v) is 22.0. The molecule has 0 radical (unpaired) electrons. The van der Waals surface area contributed by atoms with E-state index in [-0.39, 0.29) is 24.5 Å². The van der Waals surface area contributed by atoms with Gasteiger partial charge in [0.15, 0.2) is 0 Å². The van der Waals surface area contributed by atoms with E-state index in [0.717, 1.165) is 57.8 Å². The molecule has 0 aliphatic heterocycles. The van der Waals surface area contributed by atoms with Gasteiger partial charge in [-0.15, -0.1) is 0 Å². The van der Waals surface area contributed by atoms with Crippen LogP contribution in [0.2, 0.25) is 0 Å². The number of carbonyl (C=O) groups is 3. The molecule has 0 rings (SSSR count). The third kappa shape index (κ3) is 40.8. The highest BCUT2D eigenvalue weighted by Crippen LogP contribution is 2.30. The largest absolute Gasteiger partial charge is 0.549 e. The lowest BCUT2D eigenvalue weighted by atomic mass is 9.78. The van der Waals surface area contributed by atoms with Crippen molar-refractivity contribution in [2.45, 2.75) is 241 Å². The molecule has 310 valence electrons. The van der Waals surface area contributed by atoms with E-state index >= 15 is 0 Å². The van der Waals surface area contributed by atoms with Gasteiger partial charge in [0.2, 0.25) is 0 Å². The number of carboxylic acids is 1. The smallest absolute Gasteiger partial charge is 0.481 e. The van der Waals surface area contributed by atoms with E-state index in [1.807, 2.05) is 20.8 Å². The quantitative estimate of drug-likeness (QED) is 0.0300. The zero-order chi connectivity index (χ0) is 39.0. The lowest BCUT2D eigenvalue weighted by Crippen LogP contribution is -2.28. The minimum atomic E-state index is -0.997. The van der Waals surface area contributed by atoms with Crippen LogP contribution in [0, 0.1) is 11.3 Å². The molecule has 0 saturated carbocycles. The average molecular weight is 743 g/mol. The van der Waals surface area contributed by atoms with Crippen molar-refractivity contribution in [2.24, 2.45) is 11.3 Å². The maximum absolute atomic E-state index is 11.5. The van der Waals surface area contributed by atoms with Crippen molar-refractivity contribution in [3.05, 3.63) is 0 Å². The molecule has 0 spiro atoms. The fourth-order valence-electron chi connectivity index (χ4n) is 6.36. The van der Waals surface area contributed by atoms with Crippen LogP contribution in [-0.2, 0) is 24.0 Å². The zero-order valence-corrected chi connectivity index (χ0v) is 35.2. The summed E-state index contributed by atoms with van der Waals surface area (Å²) in [6, 6.07) is 0. The normalized spacial score (nSPS) is 11.7. The molecule has 8 heteroatoms. The number of rotatable bonds is 34. The molecule has 0 heterocycles. The minimum Gasteiger partial charge on any atom is -0.481 e. The molecule has 0 amide bonds. The van der Waals surface area contributed by atoms with E-state index in [0.29, 0.717) is 0 Å². The monoisotopic (exact) mass is 743 g/mol. The second-order valence-corrected chi connectivity index (χ2v) is 16.0. The van der Waals surface area contributed by atoms with Crippen molar-refractivity contribution >= 4 is 18.3 Å². The maximum Gasteiger partial charge on any atom is 0.549 e.